The Morgan fingerprint density at radius 2 is 2.08 bits per heavy atom. The van der Waals surface area contributed by atoms with Crippen LogP contribution < -0.4 is 5.32 Å². The highest BCUT2D eigenvalue weighted by Gasteiger charge is 2.32. The summed E-state index contributed by atoms with van der Waals surface area (Å²) in [5.41, 5.74) is 1.18. The molecule has 1 aromatic rings. The molecule has 0 radical (unpaired) electrons. The van der Waals surface area contributed by atoms with Gasteiger partial charge in [0.15, 0.2) is 5.96 Å². The van der Waals surface area contributed by atoms with E-state index in [0.717, 1.165) is 36.5 Å². The van der Waals surface area contributed by atoms with Gasteiger partial charge in [-0.25, -0.2) is 0 Å². The average Bonchev–Trinajstić information content (AvgIpc) is 3.24. The molecule has 1 aliphatic rings. The van der Waals surface area contributed by atoms with E-state index in [0.29, 0.717) is 6.04 Å². The molecule has 0 aromatic carbocycles. The van der Waals surface area contributed by atoms with Gasteiger partial charge >= 0.3 is 0 Å². The van der Waals surface area contributed by atoms with Crippen molar-refractivity contribution < 1.29 is 0 Å². The molecule has 0 saturated heterocycles. The van der Waals surface area contributed by atoms with E-state index in [1.807, 2.05) is 19.3 Å². The van der Waals surface area contributed by atoms with Crippen LogP contribution in [0.2, 0.25) is 5.02 Å². The summed E-state index contributed by atoms with van der Waals surface area (Å²) < 4.78 is 2.06. The van der Waals surface area contributed by atoms with Crippen LogP contribution in [-0.2, 0) is 13.6 Å². The molecule has 5 nitrogen and oxygen atoms in total. The van der Waals surface area contributed by atoms with Crippen molar-refractivity contribution in [1.29, 1.82) is 0 Å². The lowest BCUT2D eigenvalue weighted by Gasteiger charge is -2.25. The fraction of sp³-hybridized carbons (Fsp3) is 0.706. The van der Waals surface area contributed by atoms with Gasteiger partial charge in [-0.2, -0.15) is 0 Å². The molecule has 1 fully saturated rings. The second-order valence-electron chi connectivity index (χ2n) is 6.68. The Kier molecular flexibility index (Phi) is 8.87. The fourth-order valence-electron chi connectivity index (χ4n) is 2.91. The summed E-state index contributed by atoms with van der Waals surface area (Å²) in [5.74, 6) is 1.77. The van der Waals surface area contributed by atoms with Gasteiger partial charge in [-0.05, 0) is 45.8 Å². The third-order valence-corrected chi connectivity index (χ3v) is 4.63. The van der Waals surface area contributed by atoms with Crippen LogP contribution in [0.15, 0.2) is 17.3 Å². The van der Waals surface area contributed by atoms with Gasteiger partial charge < -0.3 is 19.7 Å². The van der Waals surface area contributed by atoms with Crippen molar-refractivity contribution in [2.75, 3.05) is 34.2 Å². The average molecular weight is 468 g/mol. The second kappa shape index (κ2) is 9.87. The zero-order valence-corrected chi connectivity index (χ0v) is 18.5. The van der Waals surface area contributed by atoms with E-state index in [1.165, 1.54) is 18.5 Å². The van der Waals surface area contributed by atoms with Gasteiger partial charge in [0.1, 0.15) is 0 Å². The Balaban J connectivity index is 0.00000288. The van der Waals surface area contributed by atoms with Gasteiger partial charge in [-0.15, -0.1) is 24.0 Å². The maximum Gasteiger partial charge on any atom is 0.194 e. The highest BCUT2D eigenvalue weighted by molar-refractivity contribution is 14.0. The fourth-order valence-corrected chi connectivity index (χ4v) is 3.18. The summed E-state index contributed by atoms with van der Waals surface area (Å²) in [6.45, 7) is 4.60. The first-order valence-corrected chi connectivity index (χ1v) is 8.76. The third kappa shape index (κ3) is 6.11. The number of likely N-dealkylation sites (N-methyl/N-ethyl adjacent to an activating group) is 1. The normalized spacial score (nSPS) is 16.0. The summed E-state index contributed by atoms with van der Waals surface area (Å²) in [7, 11) is 8.40. The Morgan fingerprint density at radius 3 is 2.54 bits per heavy atom. The van der Waals surface area contributed by atoms with E-state index in [1.54, 1.807) is 0 Å². The molecular formula is C17H31ClIN5. The summed E-state index contributed by atoms with van der Waals surface area (Å²) in [6, 6.07) is 2.55. The van der Waals surface area contributed by atoms with E-state index in [2.05, 4.69) is 47.8 Å². The van der Waals surface area contributed by atoms with Crippen LogP contribution in [0.1, 0.15) is 25.5 Å². The number of rotatable bonds is 7. The summed E-state index contributed by atoms with van der Waals surface area (Å²) in [4.78, 5) is 9.35. The topological polar surface area (TPSA) is 35.8 Å². The Hall–Kier alpha value is -0.470. The quantitative estimate of drug-likeness (QED) is 0.380. The number of aromatic nitrogens is 1. The molecule has 1 aromatic heterocycles. The van der Waals surface area contributed by atoms with Crippen LogP contribution in [0.25, 0.3) is 0 Å². The van der Waals surface area contributed by atoms with E-state index in [9.17, 15) is 0 Å². The van der Waals surface area contributed by atoms with Crippen molar-refractivity contribution in [3.05, 3.63) is 23.0 Å². The molecule has 0 spiro atoms. The zero-order chi connectivity index (χ0) is 17.0. The lowest BCUT2D eigenvalue weighted by Crippen LogP contribution is -2.40. The number of hydrogen-bond donors (Lipinski definition) is 1. The maximum atomic E-state index is 6.08. The van der Waals surface area contributed by atoms with E-state index in [-0.39, 0.29) is 24.0 Å². The van der Waals surface area contributed by atoms with Crippen molar-refractivity contribution >= 4 is 41.5 Å². The number of hydrogen-bond acceptors (Lipinski definition) is 2. The number of nitrogens with one attached hydrogen (secondary N) is 1. The molecule has 1 N–H and O–H groups in total. The van der Waals surface area contributed by atoms with Crippen molar-refractivity contribution in [1.82, 2.24) is 19.7 Å². The number of nitrogens with zero attached hydrogens (tertiary/aromatic N) is 4. The van der Waals surface area contributed by atoms with Crippen molar-refractivity contribution in [2.45, 2.75) is 32.4 Å². The molecule has 0 aliphatic heterocycles. The van der Waals surface area contributed by atoms with E-state index < -0.39 is 0 Å². The van der Waals surface area contributed by atoms with Gasteiger partial charge in [-0.1, -0.05) is 11.6 Å². The van der Waals surface area contributed by atoms with Crippen molar-refractivity contribution in [3.8, 4) is 0 Å². The minimum atomic E-state index is 0. The molecule has 1 atom stereocenters. The predicted octanol–water partition coefficient (Wildman–Crippen LogP) is 3.03. The molecule has 24 heavy (non-hydrogen) atoms. The standard InChI is InChI=1S/C17H30ClN5.HI/c1-6-19-17(20-10-16(21(2)3)13-7-8-13)23(5)12-15-9-14(18)11-22(15)4;/h9,11,13,16H,6-8,10,12H2,1-5H3,(H,19,20);1H. The minimum Gasteiger partial charge on any atom is -0.357 e. The van der Waals surface area contributed by atoms with Crippen LogP contribution in [0, 0.1) is 5.92 Å². The maximum absolute atomic E-state index is 6.08. The van der Waals surface area contributed by atoms with Gasteiger partial charge in [0.2, 0.25) is 0 Å². The van der Waals surface area contributed by atoms with Gasteiger partial charge in [0.05, 0.1) is 18.1 Å². The Morgan fingerprint density at radius 1 is 1.42 bits per heavy atom. The van der Waals surface area contributed by atoms with Gasteiger partial charge in [0, 0.05) is 38.6 Å². The highest BCUT2D eigenvalue weighted by atomic mass is 127. The molecule has 0 bridgehead atoms. The number of halogens is 2. The molecule has 138 valence electrons. The van der Waals surface area contributed by atoms with E-state index >= 15 is 0 Å². The van der Waals surface area contributed by atoms with Crippen LogP contribution in [0.5, 0.6) is 0 Å². The van der Waals surface area contributed by atoms with Crippen molar-refractivity contribution in [2.24, 2.45) is 18.0 Å². The number of aliphatic imine (C=N–C) groups is 1. The number of guanidine groups is 1. The first-order valence-electron chi connectivity index (χ1n) is 8.39. The van der Waals surface area contributed by atoms with Crippen LogP contribution in [-0.4, -0.2) is 60.6 Å². The lowest BCUT2D eigenvalue weighted by molar-refractivity contribution is 0.270. The predicted molar refractivity (Wildman–Crippen MR) is 113 cm³/mol. The van der Waals surface area contributed by atoms with E-state index in [4.69, 9.17) is 16.6 Å². The minimum absolute atomic E-state index is 0. The number of aryl methyl sites for hydroxylation is 1. The summed E-state index contributed by atoms with van der Waals surface area (Å²) in [5, 5.41) is 4.17. The molecule has 1 unspecified atom stereocenters. The van der Waals surface area contributed by atoms with Crippen LogP contribution in [0.4, 0.5) is 0 Å². The van der Waals surface area contributed by atoms with Gasteiger partial charge in [-0.3, -0.25) is 4.99 Å². The molecular weight excluding hydrogens is 437 g/mol. The zero-order valence-electron chi connectivity index (χ0n) is 15.4. The molecule has 1 saturated carbocycles. The lowest BCUT2D eigenvalue weighted by atomic mass is 10.2. The molecule has 7 heteroatoms. The highest BCUT2D eigenvalue weighted by Crippen LogP contribution is 2.34. The monoisotopic (exact) mass is 467 g/mol. The first-order chi connectivity index (χ1) is 10.9. The Labute approximate surface area is 168 Å². The largest absolute Gasteiger partial charge is 0.357 e. The second-order valence-corrected chi connectivity index (χ2v) is 7.12. The molecule has 0 amide bonds. The molecule has 1 heterocycles. The third-order valence-electron chi connectivity index (χ3n) is 4.43. The molecule has 1 aliphatic carbocycles. The smallest absolute Gasteiger partial charge is 0.194 e. The molecule has 2 rings (SSSR count). The van der Waals surface area contributed by atoms with Crippen molar-refractivity contribution in [3.63, 3.8) is 0 Å². The summed E-state index contributed by atoms with van der Waals surface area (Å²) in [6.07, 6.45) is 4.61. The summed E-state index contributed by atoms with van der Waals surface area (Å²) >= 11 is 6.08. The first kappa shape index (κ1) is 21.6. The Bertz CT molecular complexity index is 537. The van der Waals surface area contributed by atoms with Crippen LogP contribution >= 0.6 is 35.6 Å². The van der Waals surface area contributed by atoms with Crippen LogP contribution in [0.3, 0.4) is 0 Å². The van der Waals surface area contributed by atoms with Gasteiger partial charge in [0.25, 0.3) is 0 Å². The SMILES string of the molecule is CCNC(=NCC(C1CC1)N(C)C)N(C)Cc1cc(Cl)cn1C.I.